The monoisotopic (exact) mass is 536 g/mol. The molecule has 2 heterocycles. The summed E-state index contributed by atoms with van der Waals surface area (Å²) in [5.41, 5.74) is 5.94. The predicted molar refractivity (Wildman–Crippen MR) is 138 cm³/mol. The van der Waals surface area contributed by atoms with E-state index >= 15 is 4.39 Å². The van der Waals surface area contributed by atoms with Gasteiger partial charge in [-0.3, -0.25) is 15.2 Å². The second-order valence-corrected chi connectivity index (χ2v) is 8.06. The van der Waals surface area contributed by atoms with E-state index in [9.17, 15) is 9.59 Å². The number of amidine groups is 1. The Balaban J connectivity index is 1.78. The van der Waals surface area contributed by atoms with Crippen LogP contribution in [0.25, 0.3) is 5.95 Å². The van der Waals surface area contributed by atoms with Crippen molar-refractivity contribution in [3.8, 4) is 17.4 Å². The average molecular weight is 537 g/mol. The molecule has 0 fully saturated rings. The summed E-state index contributed by atoms with van der Waals surface area (Å²) in [6.07, 6.45) is 2.91. The number of benzene rings is 2. The molecule has 0 unspecified atom stereocenters. The van der Waals surface area contributed by atoms with Gasteiger partial charge in [-0.25, -0.2) is 19.2 Å². The van der Waals surface area contributed by atoms with Gasteiger partial charge in [0.05, 0.1) is 7.11 Å². The Morgan fingerprint density at radius 3 is 2.56 bits per heavy atom. The Hall–Kier alpha value is -5.27. The normalized spacial score (nSPS) is 11.5. The van der Waals surface area contributed by atoms with Gasteiger partial charge in [-0.2, -0.15) is 0 Å². The molecule has 14 heteroatoms. The van der Waals surface area contributed by atoms with Crippen LogP contribution in [0.2, 0.25) is 0 Å². The number of nitrogens with one attached hydrogen (secondary N) is 3. The minimum atomic E-state index is -1.06. The standard InChI is InChI=1S/C25H25FN8O5/c1-14(35)38-10-11-39-19-13-17(37-2)12-18(20(19)26)21(31-16-6-4-15(5-7-16)22(27)28)23-32-25(36)34(33-23)24-29-8-3-9-30-24/h3-9,12-13,21,31H,10-11H2,1-2H3,(H3,27,28)(H,32,33,36)/t21-/m1/s1. The van der Waals surface area contributed by atoms with E-state index in [4.69, 9.17) is 25.4 Å². The molecule has 0 amide bonds. The molecule has 2 aromatic carbocycles. The molecule has 0 saturated carbocycles. The Morgan fingerprint density at radius 2 is 1.92 bits per heavy atom. The lowest BCUT2D eigenvalue weighted by atomic mass is 10.0. The number of halogens is 1. The zero-order chi connectivity index (χ0) is 27.9. The van der Waals surface area contributed by atoms with Crippen molar-refractivity contribution >= 4 is 17.5 Å². The summed E-state index contributed by atoms with van der Waals surface area (Å²) >= 11 is 0. The molecular weight excluding hydrogens is 511 g/mol. The van der Waals surface area contributed by atoms with Crippen LogP contribution in [-0.4, -0.2) is 56.9 Å². The summed E-state index contributed by atoms with van der Waals surface area (Å²) < 4.78 is 32.6. The first-order chi connectivity index (χ1) is 18.8. The van der Waals surface area contributed by atoms with Gasteiger partial charge in [-0.05, 0) is 36.4 Å². The second kappa shape index (κ2) is 11.9. The zero-order valence-electron chi connectivity index (χ0n) is 21.0. The maximum absolute atomic E-state index is 15.9. The third-order valence-corrected chi connectivity index (χ3v) is 5.39. The van der Waals surface area contributed by atoms with E-state index in [1.54, 1.807) is 30.3 Å². The number of aromatic amines is 1. The fourth-order valence-corrected chi connectivity index (χ4v) is 3.58. The molecule has 0 aliphatic carbocycles. The van der Waals surface area contributed by atoms with Crippen molar-refractivity contribution in [3.63, 3.8) is 0 Å². The first kappa shape index (κ1) is 26.8. The lowest BCUT2D eigenvalue weighted by Gasteiger charge is -2.21. The fourth-order valence-electron chi connectivity index (χ4n) is 3.58. The van der Waals surface area contributed by atoms with E-state index in [1.165, 1.54) is 38.6 Å². The number of carbonyl (C=O) groups is 1. The molecule has 13 nitrogen and oxygen atoms in total. The van der Waals surface area contributed by atoms with Crippen LogP contribution in [0.5, 0.6) is 11.5 Å². The molecule has 202 valence electrons. The number of carbonyl (C=O) groups excluding carboxylic acids is 1. The first-order valence-electron chi connectivity index (χ1n) is 11.6. The maximum Gasteiger partial charge on any atom is 0.350 e. The largest absolute Gasteiger partial charge is 0.497 e. The van der Waals surface area contributed by atoms with Gasteiger partial charge < -0.3 is 25.3 Å². The number of H-pyrrole nitrogens is 1. The lowest BCUT2D eigenvalue weighted by Crippen LogP contribution is -2.18. The molecule has 0 aliphatic rings. The number of methoxy groups -OCH3 is 1. The molecule has 39 heavy (non-hydrogen) atoms. The van der Waals surface area contributed by atoms with E-state index in [2.05, 4.69) is 25.4 Å². The summed E-state index contributed by atoms with van der Waals surface area (Å²) in [4.78, 5) is 34.5. The number of nitrogen functional groups attached to an aromatic ring is 1. The van der Waals surface area contributed by atoms with Crippen molar-refractivity contribution in [1.29, 1.82) is 5.41 Å². The summed E-state index contributed by atoms with van der Waals surface area (Å²) in [5.74, 6) is -1.20. The topological polar surface area (TPSA) is 183 Å². The summed E-state index contributed by atoms with van der Waals surface area (Å²) in [7, 11) is 1.41. The van der Waals surface area contributed by atoms with Crippen LogP contribution >= 0.6 is 0 Å². The van der Waals surface area contributed by atoms with Gasteiger partial charge in [-0.15, -0.1) is 9.78 Å². The summed E-state index contributed by atoms with van der Waals surface area (Å²) in [6, 6.07) is 9.85. The van der Waals surface area contributed by atoms with E-state index in [-0.39, 0.29) is 47.9 Å². The Kier molecular flexibility index (Phi) is 8.14. The van der Waals surface area contributed by atoms with Gasteiger partial charge in [-0.1, -0.05) is 0 Å². The molecule has 0 radical (unpaired) electrons. The van der Waals surface area contributed by atoms with E-state index in [0.29, 0.717) is 11.3 Å². The number of hydrogen-bond donors (Lipinski definition) is 4. The number of ether oxygens (including phenoxy) is 3. The van der Waals surface area contributed by atoms with Crippen LogP contribution in [0.4, 0.5) is 10.1 Å². The number of anilines is 1. The molecule has 4 aromatic rings. The molecule has 0 bridgehead atoms. The van der Waals surface area contributed by atoms with E-state index < -0.39 is 23.5 Å². The van der Waals surface area contributed by atoms with Crippen molar-refractivity contribution in [1.82, 2.24) is 24.7 Å². The van der Waals surface area contributed by atoms with Crippen LogP contribution in [0.1, 0.15) is 29.9 Å². The third kappa shape index (κ3) is 6.36. The van der Waals surface area contributed by atoms with Crippen molar-refractivity contribution in [2.24, 2.45) is 5.73 Å². The molecule has 0 saturated heterocycles. The lowest BCUT2D eigenvalue weighted by molar-refractivity contribution is -0.141. The number of nitrogens with two attached hydrogens (primary N) is 1. The number of rotatable bonds is 11. The maximum atomic E-state index is 15.9. The van der Waals surface area contributed by atoms with Gasteiger partial charge in [0.25, 0.3) is 5.95 Å². The number of hydrogen-bond acceptors (Lipinski definition) is 10. The van der Waals surface area contributed by atoms with Crippen LogP contribution in [0.3, 0.4) is 0 Å². The Bertz CT molecular complexity index is 1520. The summed E-state index contributed by atoms with van der Waals surface area (Å²) in [5, 5.41) is 15.1. The minimum Gasteiger partial charge on any atom is -0.497 e. The van der Waals surface area contributed by atoms with Gasteiger partial charge in [0, 0.05) is 42.2 Å². The SMILES string of the molecule is COc1cc(OCCOC(C)=O)c(F)c([C@@H](Nc2ccc(C(=N)N)cc2)c2nn(-c3ncccn3)c(=O)[nH]2)c1. The quantitative estimate of drug-likeness (QED) is 0.0956. The van der Waals surface area contributed by atoms with Crippen LogP contribution in [0, 0.1) is 11.2 Å². The molecule has 0 aliphatic heterocycles. The Labute approximate surface area is 221 Å². The minimum absolute atomic E-state index is 0.0233. The van der Waals surface area contributed by atoms with Crippen LogP contribution < -0.4 is 26.2 Å². The van der Waals surface area contributed by atoms with Crippen molar-refractivity contribution in [2.45, 2.75) is 13.0 Å². The van der Waals surface area contributed by atoms with Crippen molar-refractivity contribution < 1.29 is 23.4 Å². The number of nitrogens with zero attached hydrogens (tertiary/aromatic N) is 4. The molecule has 2 aromatic heterocycles. The van der Waals surface area contributed by atoms with Gasteiger partial charge >= 0.3 is 11.7 Å². The third-order valence-electron chi connectivity index (χ3n) is 5.39. The molecule has 0 spiro atoms. The molecular formula is C25H25FN8O5. The highest BCUT2D eigenvalue weighted by atomic mass is 19.1. The van der Waals surface area contributed by atoms with Gasteiger partial charge in [0.15, 0.2) is 17.4 Å². The number of esters is 1. The van der Waals surface area contributed by atoms with Crippen LogP contribution in [-0.2, 0) is 9.53 Å². The Morgan fingerprint density at radius 1 is 1.21 bits per heavy atom. The summed E-state index contributed by atoms with van der Waals surface area (Å²) in [6.45, 7) is 1.06. The predicted octanol–water partition coefficient (Wildman–Crippen LogP) is 1.93. The van der Waals surface area contributed by atoms with Crippen LogP contribution in [0.15, 0.2) is 59.7 Å². The zero-order valence-corrected chi connectivity index (χ0v) is 21.0. The van der Waals surface area contributed by atoms with E-state index in [1.807, 2.05) is 0 Å². The molecule has 5 N–H and O–H groups in total. The highest BCUT2D eigenvalue weighted by molar-refractivity contribution is 5.95. The highest BCUT2D eigenvalue weighted by Gasteiger charge is 2.27. The average Bonchev–Trinajstić information content (AvgIpc) is 3.32. The first-order valence-corrected chi connectivity index (χ1v) is 11.6. The molecule has 1 atom stereocenters. The van der Waals surface area contributed by atoms with Gasteiger partial charge in [0.1, 0.15) is 30.8 Å². The van der Waals surface area contributed by atoms with Gasteiger partial charge in [0.2, 0.25) is 0 Å². The number of aromatic nitrogens is 5. The highest BCUT2D eigenvalue weighted by Crippen LogP contribution is 2.35. The smallest absolute Gasteiger partial charge is 0.350 e. The molecule has 4 rings (SSSR count). The second-order valence-electron chi connectivity index (χ2n) is 8.06. The van der Waals surface area contributed by atoms with E-state index in [0.717, 1.165) is 4.68 Å². The fraction of sp³-hybridized carbons (Fsp3) is 0.200. The van der Waals surface area contributed by atoms with Crippen molar-refractivity contribution in [2.75, 3.05) is 25.6 Å². The van der Waals surface area contributed by atoms with Crippen molar-refractivity contribution in [3.05, 3.63) is 88.1 Å².